The Kier molecular flexibility index (Phi) is 10.1. The van der Waals surface area contributed by atoms with Crippen LogP contribution in [0.2, 0.25) is 0 Å². The molecule has 0 atom stereocenters. The van der Waals surface area contributed by atoms with Gasteiger partial charge in [0.1, 0.15) is 11.5 Å². The minimum absolute atomic E-state index is 0.719. The molecule has 1 aliphatic heterocycles. The van der Waals surface area contributed by atoms with Gasteiger partial charge in [-0.15, -0.1) is 0 Å². The summed E-state index contributed by atoms with van der Waals surface area (Å²) in [5.41, 5.74) is 0. The van der Waals surface area contributed by atoms with Crippen molar-refractivity contribution in [2.45, 2.75) is 96.8 Å². The Bertz CT molecular complexity index is 314. The summed E-state index contributed by atoms with van der Waals surface area (Å²) in [4.78, 5) is 0. The topological polar surface area (TPSA) is 36.3 Å². The predicted octanol–water partition coefficient (Wildman–Crippen LogP) is 6.23. The first-order valence-electron chi connectivity index (χ1n) is 8.65. The van der Waals surface area contributed by atoms with E-state index in [1.54, 1.807) is 0 Å². The van der Waals surface area contributed by atoms with E-state index in [4.69, 9.17) is 10.00 Å². The Morgan fingerprint density at radius 1 is 0.750 bits per heavy atom. The average molecular weight is 277 g/mol. The van der Waals surface area contributed by atoms with Gasteiger partial charge in [-0.1, -0.05) is 58.3 Å². The Hall–Kier alpha value is -0.970. The normalized spacial score (nSPS) is 13.2. The van der Waals surface area contributed by atoms with Gasteiger partial charge in [0.25, 0.3) is 0 Å². The fourth-order valence-corrected chi connectivity index (χ4v) is 2.59. The number of hydrogen-bond acceptors (Lipinski definition) is 2. The molecule has 0 saturated heterocycles. The maximum absolute atomic E-state index is 8.44. The summed E-state index contributed by atoms with van der Waals surface area (Å²) in [6, 6.07) is 2.20. The molecule has 0 radical (unpaired) electrons. The lowest BCUT2D eigenvalue weighted by atomic mass is 10.1. The Balaban J connectivity index is 1.84. The largest absolute Gasteiger partial charge is 0.459 e. The van der Waals surface area contributed by atoms with Crippen LogP contribution in [0.4, 0.5) is 0 Å². The molecule has 0 spiro atoms. The number of nitriles is 1. The number of rotatable bonds is 14. The van der Waals surface area contributed by atoms with Crippen molar-refractivity contribution in [3.63, 3.8) is 0 Å². The second-order valence-corrected chi connectivity index (χ2v) is 5.89. The lowest BCUT2D eigenvalue weighted by Crippen LogP contribution is -1.79. The van der Waals surface area contributed by atoms with Gasteiger partial charge in [0.15, 0.2) is 0 Å². The van der Waals surface area contributed by atoms with Gasteiger partial charge in [-0.25, -0.2) is 0 Å². The summed E-state index contributed by atoms with van der Waals surface area (Å²) in [5.74, 6) is 2.58. The van der Waals surface area contributed by atoms with Crippen LogP contribution in [0.5, 0.6) is 0 Å². The van der Waals surface area contributed by atoms with E-state index in [9.17, 15) is 0 Å². The third kappa shape index (κ3) is 9.02. The smallest absolute Gasteiger partial charge is 0.142 e. The molecule has 0 aliphatic carbocycles. The highest BCUT2D eigenvalue weighted by atomic mass is 16.6. The highest BCUT2D eigenvalue weighted by Crippen LogP contribution is 2.35. The molecule has 1 heterocycles. The van der Waals surface area contributed by atoms with Crippen LogP contribution in [0.3, 0.4) is 0 Å². The van der Waals surface area contributed by atoms with Crippen LogP contribution >= 0.6 is 0 Å². The number of hydrogen-bond donors (Lipinski definition) is 0. The van der Waals surface area contributed by atoms with E-state index in [2.05, 4.69) is 13.0 Å². The maximum atomic E-state index is 8.44. The molecule has 0 aromatic heterocycles. The highest BCUT2D eigenvalue weighted by Gasteiger charge is 2.22. The van der Waals surface area contributed by atoms with Crippen molar-refractivity contribution in [1.29, 1.82) is 5.26 Å². The minimum Gasteiger partial charge on any atom is -0.459 e. The molecular weight excluding hydrogens is 246 g/mol. The molecule has 1 aliphatic rings. The minimum atomic E-state index is 0.719. The summed E-state index contributed by atoms with van der Waals surface area (Å²) < 4.78 is 5.58. The third-order valence-corrected chi connectivity index (χ3v) is 3.97. The molecule has 0 unspecified atom stereocenters. The van der Waals surface area contributed by atoms with Gasteiger partial charge >= 0.3 is 0 Å². The number of nitrogens with zero attached hydrogens (tertiary/aromatic N) is 1. The summed E-state index contributed by atoms with van der Waals surface area (Å²) in [5, 5.41) is 8.44. The highest BCUT2D eigenvalue weighted by molar-refractivity contribution is 5.17. The van der Waals surface area contributed by atoms with Gasteiger partial charge in [0, 0.05) is 19.3 Å². The second kappa shape index (κ2) is 11.8. The van der Waals surface area contributed by atoms with Gasteiger partial charge in [-0.3, -0.25) is 0 Å². The van der Waals surface area contributed by atoms with Crippen molar-refractivity contribution in [3.8, 4) is 6.07 Å². The van der Waals surface area contributed by atoms with E-state index >= 15 is 0 Å². The fourth-order valence-electron chi connectivity index (χ4n) is 2.59. The van der Waals surface area contributed by atoms with Crippen molar-refractivity contribution in [3.05, 3.63) is 11.5 Å². The van der Waals surface area contributed by atoms with Gasteiger partial charge < -0.3 is 4.74 Å². The van der Waals surface area contributed by atoms with E-state index in [-0.39, 0.29) is 0 Å². The lowest BCUT2D eigenvalue weighted by molar-refractivity contribution is 0.427. The molecular formula is C18H31NO. The number of ether oxygens (including phenoxy) is 1. The van der Waals surface area contributed by atoms with Crippen LogP contribution in [0, 0.1) is 11.3 Å². The van der Waals surface area contributed by atoms with E-state index in [1.165, 1.54) is 82.1 Å². The third-order valence-electron chi connectivity index (χ3n) is 3.97. The molecule has 2 heteroatoms. The average Bonchev–Trinajstić information content (AvgIpc) is 3.20. The van der Waals surface area contributed by atoms with Crippen molar-refractivity contribution in [1.82, 2.24) is 0 Å². The maximum Gasteiger partial charge on any atom is 0.142 e. The molecule has 1 rings (SSSR count). The van der Waals surface area contributed by atoms with Crippen LogP contribution in [0.1, 0.15) is 96.8 Å². The quantitative estimate of drug-likeness (QED) is 0.353. The van der Waals surface area contributed by atoms with E-state index in [0.717, 1.165) is 19.3 Å². The van der Waals surface area contributed by atoms with Crippen molar-refractivity contribution >= 4 is 0 Å². The van der Waals surface area contributed by atoms with Gasteiger partial charge in [0.05, 0.1) is 6.07 Å². The lowest BCUT2D eigenvalue weighted by Gasteiger charge is -1.96. The Morgan fingerprint density at radius 2 is 1.25 bits per heavy atom. The molecule has 20 heavy (non-hydrogen) atoms. The van der Waals surface area contributed by atoms with Crippen molar-refractivity contribution in [2.24, 2.45) is 0 Å². The molecule has 0 saturated carbocycles. The molecule has 0 aromatic carbocycles. The Labute approximate surface area is 125 Å². The fraction of sp³-hybridized carbons (Fsp3) is 0.833. The molecule has 0 amide bonds. The molecule has 0 N–H and O–H groups in total. The first kappa shape index (κ1) is 17.1. The Morgan fingerprint density at radius 3 is 1.80 bits per heavy atom. The number of unbranched alkanes of at least 4 members (excludes halogenated alkanes) is 10. The summed E-state index contributed by atoms with van der Waals surface area (Å²) in [6.45, 7) is 2.26. The second-order valence-electron chi connectivity index (χ2n) is 5.89. The zero-order chi connectivity index (χ0) is 14.5. The van der Waals surface area contributed by atoms with Crippen LogP contribution in [0.25, 0.3) is 0 Å². The zero-order valence-corrected chi connectivity index (χ0v) is 13.3. The molecule has 2 nitrogen and oxygen atoms in total. The first-order chi connectivity index (χ1) is 9.88. The number of allylic oxidation sites excluding steroid dienone is 2. The van der Waals surface area contributed by atoms with Gasteiger partial charge in [-0.2, -0.15) is 5.26 Å². The first-order valence-corrected chi connectivity index (χ1v) is 8.65. The van der Waals surface area contributed by atoms with Crippen molar-refractivity contribution in [2.75, 3.05) is 0 Å². The molecule has 0 fully saturated rings. The van der Waals surface area contributed by atoms with E-state index < -0.39 is 0 Å². The predicted molar refractivity (Wildman–Crippen MR) is 84.0 cm³/mol. The van der Waals surface area contributed by atoms with Gasteiger partial charge in [0.2, 0.25) is 0 Å². The molecule has 0 aromatic rings. The van der Waals surface area contributed by atoms with Crippen molar-refractivity contribution < 1.29 is 4.74 Å². The molecule has 114 valence electrons. The zero-order valence-electron chi connectivity index (χ0n) is 13.3. The van der Waals surface area contributed by atoms with E-state index in [0.29, 0.717) is 0 Å². The van der Waals surface area contributed by atoms with Gasteiger partial charge in [-0.05, 0) is 19.3 Å². The van der Waals surface area contributed by atoms with Crippen LogP contribution in [-0.4, -0.2) is 0 Å². The summed E-state index contributed by atoms with van der Waals surface area (Å²) in [7, 11) is 0. The monoisotopic (exact) mass is 277 g/mol. The van der Waals surface area contributed by atoms with Crippen LogP contribution in [0.15, 0.2) is 11.5 Å². The SMILES string of the molecule is CCCCCCCCC1=C(CCCCCCCC#N)O1. The van der Waals surface area contributed by atoms with E-state index in [1.807, 2.05) is 0 Å². The standard InChI is InChI=1S/C18H31NO/c1-2-3-4-5-8-11-14-17-18(20-17)15-12-9-6-7-10-13-16-19/h2-15H2,1H3. The summed E-state index contributed by atoms with van der Waals surface area (Å²) in [6.07, 6.45) is 17.3. The van der Waals surface area contributed by atoms with Crippen LogP contribution < -0.4 is 0 Å². The summed E-state index contributed by atoms with van der Waals surface area (Å²) >= 11 is 0. The molecule has 0 bridgehead atoms. The van der Waals surface area contributed by atoms with Crippen LogP contribution in [-0.2, 0) is 4.74 Å².